The number of fused-ring (bicyclic) bond motifs is 2. The van der Waals surface area contributed by atoms with Crippen LogP contribution in [0.15, 0.2) is 182 Å². The van der Waals surface area contributed by atoms with Crippen LogP contribution in [0.25, 0.3) is 21.7 Å². The molecular weight excluding hydrogens is 1220 g/mol. The quantitative estimate of drug-likeness (QED) is 0.0611. The zero-order valence-corrected chi connectivity index (χ0v) is 43.2. The third kappa shape index (κ3) is 14.3. The SMILES string of the molecule is FC(F)(F)c1cc([B-](c2cc(C(F)(F)F)cc(C(F)(F)F)c2)(c2cc(C(F)(F)F)cc(C(F)(F)F)c2)c2cc(C(F)(F)F)cc(C(F)(F)F)c2)cc(C(F)(F)F)c1.O=C(C[n+]1c(Cc2ccc3ccccc3c2)ccc2ccccc21)c1ccccc1. The third-order valence-corrected chi connectivity index (χ3v) is 14.1. The topological polar surface area (TPSA) is 20.9 Å². The molecule has 0 saturated heterocycles. The van der Waals surface area contributed by atoms with Gasteiger partial charge in [-0.05, 0) is 52.7 Å². The Hall–Kier alpha value is -8.52. The van der Waals surface area contributed by atoms with Crippen LogP contribution in [0.4, 0.5) is 105 Å². The Morgan fingerprint density at radius 2 is 0.609 bits per heavy atom. The molecule has 87 heavy (non-hydrogen) atoms. The lowest BCUT2D eigenvalue weighted by Crippen LogP contribution is -2.75. The first-order valence-electron chi connectivity index (χ1n) is 24.9. The predicted octanol–water partition coefficient (Wildman–Crippen LogP) is 17.0. The van der Waals surface area contributed by atoms with Gasteiger partial charge in [0.1, 0.15) is 6.15 Å². The van der Waals surface area contributed by atoms with E-state index >= 15 is 0 Å². The van der Waals surface area contributed by atoms with E-state index in [1.807, 2.05) is 42.5 Å². The summed E-state index contributed by atoms with van der Waals surface area (Å²) < 4.78 is 343. The number of hydrogen-bond donors (Lipinski definition) is 0. The van der Waals surface area contributed by atoms with Crippen LogP contribution in [0.3, 0.4) is 0 Å². The van der Waals surface area contributed by atoms with Crippen molar-refractivity contribution in [2.45, 2.75) is 62.4 Å². The average molecular weight is 1250 g/mol. The van der Waals surface area contributed by atoms with Gasteiger partial charge in [0.2, 0.25) is 17.8 Å². The Labute approximate surface area is 474 Å². The van der Waals surface area contributed by atoms with Crippen LogP contribution < -0.4 is 26.4 Å². The largest absolute Gasteiger partial charge is 0.416 e. The molecule has 0 unspecified atom stereocenters. The predicted molar refractivity (Wildman–Crippen MR) is 272 cm³/mol. The number of benzene rings is 8. The number of ketones is 1. The van der Waals surface area contributed by atoms with Gasteiger partial charge in [0, 0.05) is 23.1 Å². The first-order valence-corrected chi connectivity index (χ1v) is 24.9. The number of carbonyl (C=O) groups excluding carboxylic acids is 1. The molecule has 0 aliphatic rings. The second kappa shape index (κ2) is 23.0. The minimum absolute atomic E-state index is 0.122. The molecule has 0 fully saturated rings. The smallest absolute Gasteiger partial charge is 0.287 e. The van der Waals surface area contributed by atoms with Crippen molar-refractivity contribution < 1.29 is 115 Å². The number of hydrogen-bond acceptors (Lipinski definition) is 1. The van der Waals surface area contributed by atoms with E-state index in [2.05, 4.69) is 71.3 Å². The summed E-state index contributed by atoms with van der Waals surface area (Å²) in [6.45, 7) is 0.328. The molecule has 1 aromatic heterocycles. The number of carbonyl (C=O) groups is 1. The van der Waals surface area contributed by atoms with Crippen LogP contribution in [-0.2, 0) is 62.4 Å². The van der Waals surface area contributed by atoms with Gasteiger partial charge in [0.05, 0.1) is 50.9 Å². The number of aromatic nitrogens is 1. The molecule has 0 N–H and O–H groups in total. The Kier molecular flexibility index (Phi) is 17.0. The van der Waals surface area contributed by atoms with Gasteiger partial charge in [-0.2, -0.15) is 132 Å². The van der Waals surface area contributed by atoms with E-state index in [0.717, 1.165) is 28.6 Å². The highest BCUT2D eigenvalue weighted by atomic mass is 19.4. The van der Waals surface area contributed by atoms with E-state index in [4.69, 9.17) is 0 Å². The zero-order chi connectivity index (χ0) is 64.3. The van der Waals surface area contributed by atoms with Gasteiger partial charge in [0.15, 0.2) is 5.69 Å². The van der Waals surface area contributed by atoms with Gasteiger partial charge < -0.3 is 0 Å². The van der Waals surface area contributed by atoms with Crippen LogP contribution in [-0.4, -0.2) is 11.9 Å². The molecule has 0 aliphatic heterocycles. The number of pyridine rings is 1. The molecule has 2 nitrogen and oxygen atoms in total. The molecule has 9 aromatic rings. The maximum Gasteiger partial charge on any atom is 0.416 e. The normalized spacial score (nSPS) is 13.2. The van der Waals surface area contributed by atoms with Gasteiger partial charge in [0.25, 0.3) is 0 Å². The summed E-state index contributed by atoms with van der Waals surface area (Å²) in [4.78, 5) is 13.0. The maximum atomic E-state index is 14.2. The van der Waals surface area contributed by atoms with Gasteiger partial charge >= 0.3 is 49.4 Å². The Morgan fingerprint density at radius 3 is 0.954 bits per heavy atom. The Bertz CT molecular complexity index is 3580. The van der Waals surface area contributed by atoms with E-state index in [-0.39, 0.29) is 5.78 Å². The zero-order valence-electron chi connectivity index (χ0n) is 43.2. The third-order valence-electron chi connectivity index (χ3n) is 14.1. The summed E-state index contributed by atoms with van der Waals surface area (Å²) in [5, 5.41) is 3.62. The molecule has 456 valence electrons. The molecule has 0 radical (unpaired) electrons. The number of rotatable bonds is 9. The lowest BCUT2D eigenvalue weighted by Gasteiger charge is -2.46. The van der Waals surface area contributed by atoms with Crippen LogP contribution in [0.2, 0.25) is 0 Å². The summed E-state index contributed by atoms with van der Waals surface area (Å²) in [5.74, 6) is 0.122. The highest BCUT2D eigenvalue weighted by Gasteiger charge is 2.47. The van der Waals surface area contributed by atoms with Crippen molar-refractivity contribution in [3.63, 3.8) is 0 Å². The van der Waals surface area contributed by atoms with Gasteiger partial charge in [-0.3, -0.25) is 4.79 Å². The Balaban J connectivity index is 0.000000271. The first-order chi connectivity index (χ1) is 40.0. The number of alkyl halides is 24. The van der Waals surface area contributed by atoms with Crippen molar-refractivity contribution in [3.05, 3.63) is 243 Å². The van der Waals surface area contributed by atoms with E-state index in [0.29, 0.717) is 6.54 Å². The monoisotopic (exact) mass is 1250 g/mol. The highest BCUT2D eigenvalue weighted by molar-refractivity contribution is 7.20. The van der Waals surface area contributed by atoms with Crippen LogP contribution in [0.5, 0.6) is 0 Å². The van der Waals surface area contributed by atoms with Gasteiger partial charge in [-0.15, -0.1) is 0 Å². The minimum atomic E-state index is -6.13. The van der Waals surface area contributed by atoms with E-state index in [1.54, 1.807) is 0 Å². The fourth-order valence-corrected chi connectivity index (χ4v) is 10.1. The second-order valence-electron chi connectivity index (χ2n) is 19.8. The fourth-order valence-electron chi connectivity index (χ4n) is 10.1. The first kappa shape index (κ1) is 64.5. The summed E-state index contributed by atoms with van der Waals surface area (Å²) >= 11 is 0. The van der Waals surface area contributed by atoms with Crippen LogP contribution in [0.1, 0.15) is 66.1 Å². The van der Waals surface area contributed by atoms with Crippen molar-refractivity contribution >= 4 is 55.5 Å². The molecular formula is C60H34BF24NO. The molecule has 0 saturated carbocycles. The lowest BCUT2D eigenvalue weighted by molar-refractivity contribution is -0.664. The fraction of sp³-hybridized carbons (Fsp3) is 0.167. The maximum absolute atomic E-state index is 14.2. The lowest BCUT2D eigenvalue weighted by atomic mass is 9.12. The van der Waals surface area contributed by atoms with E-state index in [1.165, 1.54) is 16.3 Å². The number of nitrogens with zero attached hydrogens (tertiary/aromatic N) is 1. The molecule has 9 rings (SSSR count). The number of para-hydroxylation sites is 1. The van der Waals surface area contributed by atoms with Crippen molar-refractivity contribution in [2.24, 2.45) is 0 Å². The van der Waals surface area contributed by atoms with Crippen LogP contribution >= 0.6 is 0 Å². The molecule has 0 aliphatic carbocycles. The number of Topliss-reactive ketones (excluding diaryl/α,β-unsaturated/α-hetero) is 1. The Morgan fingerprint density at radius 1 is 0.310 bits per heavy atom. The van der Waals surface area contributed by atoms with E-state index in [9.17, 15) is 110 Å². The average Bonchev–Trinajstić information content (AvgIpc) is 0.717. The molecule has 27 heteroatoms. The standard InChI is InChI=1S/C32H12BF24.C28H22NO/c34-25(35,36)13-1-14(26(37,38)39)6-21(5-13)33(22-7-15(27(40,41)42)2-16(8-22)28(43,44)45,23-9-17(29(46,47)48)3-18(10-23)30(49,50)51)24-11-19(31(52,53)54)4-20(12-24)32(55,56)57;30-28(24-10-2-1-3-11-24)20-29-26(17-16-23-9-6-7-13-27(23)29)19-21-14-15-22-8-4-5-12-25(22)18-21/h1-12H;1-18H,19-20H2/q-1;+1. The van der Waals surface area contributed by atoms with Gasteiger partial charge in [-0.25, -0.2) is 0 Å². The minimum Gasteiger partial charge on any atom is -0.287 e. The summed E-state index contributed by atoms with van der Waals surface area (Å²) in [6.07, 6.45) is -54.0. The highest BCUT2D eigenvalue weighted by Crippen LogP contribution is 2.42. The molecule has 0 atom stereocenters. The number of halogens is 24. The van der Waals surface area contributed by atoms with Crippen LogP contribution in [0, 0.1) is 0 Å². The van der Waals surface area contributed by atoms with Crippen molar-refractivity contribution in [2.75, 3.05) is 0 Å². The molecule has 1 heterocycles. The molecule has 8 aromatic carbocycles. The van der Waals surface area contributed by atoms with Gasteiger partial charge in [-0.1, -0.05) is 133 Å². The second-order valence-corrected chi connectivity index (χ2v) is 19.8. The van der Waals surface area contributed by atoms with E-state index < -0.39 is 195 Å². The van der Waals surface area contributed by atoms with Crippen molar-refractivity contribution in [1.82, 2.24) is 0 Å². The summed E-state index contributed by atoms with van der Waals surface area (Å²) in [7, 11) is 0. The summed E-state index contributed by atoms with van der Waals surface area (Å²) in [6, 6.07) is 28.3. The van der Waals surface area contributed by atoms with Crippen molar-refractivity contribution in [1.29, 1.82) is 0 Å². The molecule has 0 bridgehead atoms. The van der Waals surface area contributed by atoms with Crippen molar-refractivity contribution in [3.8, 4) is 0 Å². The molecule has 0 spiro atoms. The summed E-state index contributed by atoms with van der Waals surface area (Å²) in [5.41, 5.74) is -26.0. The molecule has 0 amide bonds.